The second kappa shape index (κ2) is 5.67. The molecule has 0 bridgehead atoms. The van der Waals surface area contributed by atoms with E-state index in [0.717, 1.165) is 19.3 Å². The Morgan fingerprint density at radius 1 is 1.06 bits per heavy atom. The van der Waals surface area contributed by atoms with Crippen LogP contribution in [0.5, 0.6) is 5.75 Å². The van der Waals surface area contributed by atoms with Crippen molar-refractivity contribution in [3.63, 3.8) is 0 Å². The van der Waals surface area contributed by atoms with Crippen molar-refractivity contribution in [3.05, 3.63) is 29.8 Å². The monoisotopic (exact) mass is 247 g/mol. The van der Waals surface area contributed by atoms with Gasteiger partial charge >= 0.3 is 0 Å². The van der Waals surface area contributed by atoms with Gasteiger partial charge in [-0.05, 0) is 43.5 Å². The van der Waals surface area contributed by atoms with Crippen molar-refractivity contribution in [1.29, 1.82) is 0 Å². The van der Waals surface area contributed by atoms with Crippen molar-refractivity contribution in [2.45, 2.75) is 19.3 Å². The van der Waals surface area contributed by atoms with Gasteiger partial charge in [0, 0.05) is 18.7 Å². The van der Waals surface area contributed by atoms with E-state index in [0.29, 0.717) is 24.4 Å². The van der Waals surface area contributed by atoms with Gasteiger partial charge in [-0.2, -0.15) is 0 Å². The first-order chi connectivity index (χ1) is 8.72. The fraction of sp³-hybridized carbons (Fsp3) is 0.429. The van der Waals surface area contributed by atoms with Crippen LogP contribution in [0.3, 0.4) is 0 Å². The lowest BCUT2D eigenvalue weighted by Crippen LogP contribution is -2.40. The van der Waals surface area contributed by atoms with Gasteiger partial charge in [0.05, 0.1) is 7.11 Å². The Labute approximate surface area is 107 Å². The van der Waals surface area contributed by atoms with Gasteiger partial charge < -0.3 is 9.64 Å². The minimum atomic E-state index is -0.431. The normalized spacial score (nSPS) is 15.3. The Morgan fingerprint density at radius 2 is 1.67 bits per heavy atom. The van der Waals surface area contributed by atoms with Crippen molar-refractivity contribution in [2.75, 3.05) is 20.2 Å². The second-order valence-corrected chi connectivity index (χ2v) is 4.41. The van der Waals surface area contributed by atoms with Crippen molar-refractivity contribution >= 4 is 11.7 Å². The van der Waals surface area contributed by atoms with E-state index in [1.807, 2.05) is 0 Å². The average Bonchev–Trinajstić information content (AvgIpc) is 2.47. The molecule has 0 aromatic heterocycles. The maximum Gasteiger partial charge on any atom is 0.294 e. The van der Waals surface area contributed by atoms with E-state index in [9.17, 15) is 9.59 Å². The number of benzene rings is 1. The average molecular weight is 247 g/mol. The van der Waals surface area contributed by atoms with E-state index in [-0.39, 0.29) is 5.91 Å². The molecule has 0 saturated carbocycles. The van der Waals surface area contributed by atoms with Crippen LogP contribution in [0.15, 0.2) is 24.3 Å². The van der Waals surface area contributed by atoms with E-state index >= 15 is 0 Å². The number of nitrogens with zero attached hydrogens (tertiary/aromatic N) is 1. The summed E-state index contributed by atoms with van der Waals surface area (Å²) in [5.41, 5.74) is 0.423. The number of carbonyl (C=O) groups excluding carboxylic acids is 2. The van der Waals surface area contributed by atoms with Crippen molar-refractivity contribution in [2.24, 2.45) is 0 Å². The predicted octanol–water partition coefficient (Wildman–Crippen LogP) is 1.89. The van der Waals surface area contributed by atoms with Gasteiger partial charge in [-0.3, -0.25) is 9.59 Å². The van der Waals surface area contributed by atoms with Crippen molar-refractivity contribution in [3.8, 4) is 5.75 Å². The first-order valence-corrected chi connectivity index (χ1v) is 6.20. The highest BCUT2D eigenvalue weighted by atomic mass is 16.5. The van der Waals surface area contributed by atoms with E-state index in [2.05, 4.69) is 0 Å². The summed E-state index contributed by atoms with van der Waals surface area (Å²) >= 11 is 0. The van der Waals surface area contributed by atoms with Crippen LogP contribution in [-0.2, 0) is 4.79 Å². The number of piperidine rings is 1. The summed E-state index contributed by atoms with van der Waals surface area (Å²) in [5.74, 6) is -0.142. The molecule has 4 nitrogen and oxygen atoms in total. The second-order valence-electron chi connectivity index (χ2n) is 4.41. The van der Waals surface area contributed by atoms with Crippen LogP contribution in [-0.4, -0.2) is 36.8 Å². The number of ketones is 1. The number of carbonyl (C=O) groups is 2. The molecule has 1 saturated heterocycles. The molecule has 2 rings (SSSR count). The van der Waals surface area contributed by atoms with Crippen LogP contribution in [0, 0.1) is 0 Å². The Morgan fingerprint density at radius 3 is 2.22 bits per heavy atom. The standard InChI is InChI=1S/C14H17NO3/c1-18-12-7-5-11(6-8-12)13(16)14(17)15-9-3-2-4-10-15/h5-8H,2-4,9-10H2,1H3. The molecule has 0 N–H and O–H groups in total. The van der Waals surface area contributed by atoms with E-state index < -0.39 is 5.78 Å². The first kappa shape index (κ1) is 12.6. The lowest BCUT2D eigenvalue weighted by atomic mass is 10.1. The minimum absolute atomic E-state index is 0.389. The van der Waals surface area contributed by atoms with Gasteiger partial charge in [0.15, 0.2) is 0 Å². The predicted molar refractivity (Wildman–Crippen MR) is 67.8 cm³/mol. The molecule has 0 atom stereocenters. The van der Waals surface area contributed by atoms with Crippen LogP contribution in [0.4, 0.5) is 0 Å². The van der Waals surface area contributed by atoms with Crippen LogP contribution in [0.25, 0.3) is 0 Å². The van der Waals surface area contributed by atoms with Crippen molar-refractivity contribution in [1.82, 2.24) is 4.90 Å². The topological polar surface area (TPSA) is 46.6 Å². The number of rotatable bonds is 3. The van der Waals surface area contributed by atoms with Crippen LogP contribution < -0.4 is 4.74 Å². The quantitative estimate of drug-likeness (QED) is 0.605. The zero-order valence-electron chi connectivity index (χ0n) is 10.5. The summed E-state index contributed by atoms with van der Waals surface area (Å²) in [6, 6.07) is 6.64. The van der Waals surface area contributed by atoms with Crippen molar-refractivity contribution < 1.29 is 14.3 Å². The summed E-state index contributed by atoms with van der Waals surface area (Å²) in [6.45, 7) is 1.39. The van der Waals surface area contributed by atoms with Crippen LogP contribution in [0.1, 0.15) is 29.6 Å². The fourth-order valence-electron chi connectivity index (χ4n) is 2.11. The highest BCUT2D eigenvalue weighted by Crippen LogP contribution is 2.14. The molecule has 1 fully saturated rings. The number of methoxy groups -OCH3 is 1. The molecule has 1 aliphatic rings. The van der Waals surface area contributed by atoms with Gasteiger partial charge in [-0.25, -0.2) is 0 Å². The Hall–Kier alpha value is -1.84. The third-order valence-corrected chi connectivity index (χ3v) is 3.19. The van der Waals surface area contributed by atoms with E-state index in [4.69, 9.17) is 4.74 Å². The molecule has 1 amide bonds. The van der Waals surface area contributed by atoms with E-state index in [1.54, 1.807) is 36.3 Å². The lowest BCUT2D eigenvalue weighted by Gasteiger charge is -2.25. The maximum absolute atomic E-state index is 12.0. The third-order valence-electron chi connectivity index (χ3n) is 3.19. The SMILES string of the molecule is COc1ccc(C(=O)C(=O)N2CCCCC2)cc1. The first-order valence-electron chi connectivity index (χ1n) is 6.20. The molecular weight excluding hydrogens is 230 g/mol. The Kier molecular flexibility index (Phi) is 3.97. The number of Topliss-reactive ketones (excluding diaryl/α,β-unsaturated/α-hetero) is 1. The van der Waals surface area contributed by atoms with Gasteiger partial charge in [-0.1, -0.05) is 0 Å². The maximum atomic E-state index is 12.0. The lowest BCUT2D eigenvalue weighted by molar-refractivity contribution is -0.127. The van der Waals surface area contributed by atoms with Gasteiger partial charge in [-0.15, -0.1) is 0 Å². The van der Waals surface area contributed by atoms with Crippen LogP contribution in [0.2, 0.25) is 0 Å². The molecule has 0 unspecified atom stereocenters. The molecule has 0 aliphatic carbocycles. The zero-order valence-corrected chi connectivity index (χ0v) is 10.5. The van der Waals surface area contributed by atoms with Gasteiger partial charge in [0.25, 0.3) is 5.91 Å². The molecule has 96 valence electrons. The molecule has 1 heterocycles. The number of ether oxygens (including phenoxy) is 1. The minimum Gasteiger partial charge on any atom is -0.497 e. The molecule has 0 radical (unpaired) electrons. The summed E-state index contributed by atoms with van der Waals surface area (Å²) in [4.78, 5) is 25.7. The molecule has 1 aromatic carbocycles. The number of amides is 1. The summed E-state index contributed by atoms with van der Waals surface area (Å²) in [5, 5.41) is 0. The molecule has 1 aliphatic heterocycles. The Bertz CT molecular complexity index is 433. The zero-order chi connectivity index (χ0) is 13.0. The van der Waals surface area contributed by atoms with Gasteiger partial charge in [0.2, 0.25) is 5.78 Å². The fourth-order valence-corrected chi connectivity index (χ4v) is 2.11. The number of hydrogen-bond acceptors (Lipinski definition) is 3. The summed E-state index contributed by atoms with van der Waals surface area (Å²) < 4.78 is 5.02. The third kappa shape index (κ3) is 2.70. The summed E-state index contributed by atoms with van der Waals surface area (Å²) in [6.07, 6.45) is 3.11. The van der Waals surface area contributed by atoms with Crippen LogP contribution >= 0.6 is 0 Å². The highest BCUT2D eigenvalue weighted by molar-refractivity contribution is 6.42. The highest BCUT2D eigenvalue weighted by Gasteiger charge is 2.24. The molecular formula is C14H17NO3. The smallest absolute Gasteiger partial charge is 0.294 e. The largest absolute Gasteiger partial charge is 0.497 e. The number of likely N-dealkylation sites (tertiary alicyclic amines) is 1. The molecule has 0 spiro atoms. The number of hydrogen-bond donors (Lipinski definition) is 0. The van der Waals surface area contributed by atoms with Gasteiger partial charge in [0.1, 0.15) is 5.75 Å². The molecule has 18 heavy (non-hydrogen) atoms. The molecule has 4 heteroatoms. The summed E-state index contributed by atoms with van der Waals surface area (Å²) in [7, 11) is 1.57. The Balaban J connectivity index is 2.07. The molecule has 1 aromatic rings. The van der Waals surface area contributed by atoms with E-state index in [1.165, 1.54) is 0 Å².